The first-order valence-electron chi connectivity index (χ1n) is 5.17. The molecule has 0 atom stereocenters. The molecule has 1 aliphatic rings. The maximum Gasteiger partial charge on any atom is 0.195 e. The van der Waals surface area contributed by atoms with Crippen LogP contribution in [-0.4, -0.2) is 14.8 Å². The highest BCUT2D eigenvalue weighted by molar-refractivity contribution is 7.71. The quantitative estimate of drug-likeness (QED) is 0.762. The molecule has 0 aliphatic heterocycles. The van der Waals surface area contributed by atoms with Crippen LogP contribution in [0, 0.1) is 4.77 Å². The first-order valence-corrected chi connectivity index (χ1v) is 5.58. The maximum absolute atomic E-state index is 5.13. The van der Waals surface area contributed by atoms with Gasteiger partial charge in [0.05, 0.1) is 0 Å². The summed E-state index contributed by atoms with van der Waals surface area (Å²) < 4.78 is 2.56. The lowest BCUT2D eigenvalue weighted by atomic mass is 10.1. The number of aromatic nitrogens is 3. The van der Waals surface area contributed by atoms with Gasteiger partial charge in [-0.05, 0) is 29.8 Å². The van der Waals surface area contributed by atoms with Gasteiger partial charge in [-0.2, -0.15) is 5.10 Å². The summed E-state index contributed by atoms with van der Waals surface area (Å²) in [5.41, 5.74) is 3.79. The summed E-state index contributed by atoms with van der Waals surface area (Å²) in [4.78, 5) is 0. The van der Waals surface area contributed by atoms with E-state index in [1.54, 1.807) is 0 Å². The van der Waals surface area contributed by atoms with Crippen molar-refractivity contribution in [3.8, 4) is 0 Å². The smallest absolute Gasteiger partial charge is 0.195 e. The Balaban J connectivity index is 2.18. The molecule has 0 saturated carbocycles. The second-order valence-corrected chi connectivity index (χ2v) is 4.28. The maximum atomic E-state index is 5.13. The molecular weight excluding hydrogens is 218 g/mol. The van der Waals surface area contributed by atoms with E-state index in [0.29, 0.717) is 4.77 Å². The van der Waals surface area contributed by atoms with E-state index in [0.717, 1.165) is 12.2 Å². The van der Waals surface area contributed by atoms with E-state index >= 15 is 0 Å². The minimum atomic E-state index is 0.653. The van der Waals surface area contributed by atoms with Crippen molar-refractivity contribution in [1.29, 1.82) is 0 Å². The van der Waals surface area contributed by atoms with Gasteiger partial charge in [-0.25, -0.2) is 0 Å². The van der Waals surface area contributed by atoms with E-state index in [-0.39, 0.29) is 0 Å². The van der Waals surface area contributed by atoms with Crippen LogP contribution in [-0.2, 0) is 13.5 Å². The first-order chi connectivity index (χ1) is 7.77. The van der Waals surface area contributed by atoms with Crippen molar-refractivity contribution >= 4 is 17.8 Å². The van der Waals surface area contributed by atoms with E-state index in [9.17, 15) is 0 Å². The lowest BCUT2D eigenvalue weighted by Gasteiger charge is -2.04. The van der Waals surface area contributed by atoms with Crippen LogP contribution in [0.4, 0.5) is 0 Å². The van der Waals surface area contributed by atoms with Crippen molar-refractivity contribution < 1.29 is 0 Å². The van der Waals surface area contributed by atoms with Crippen LogP contribution in [0.2, 0.25) is 0 Å². The Kier molecular flexibility index (Phi) is 2.04. The topological polar surface area (TPSA) is 33.6 Å². The Hall–Kier alpha value is -1.68. The number of H-pyrrole nitrogens is 1. The van der Waals surface area contributed by atoms with Gasteiger partial charge in [0.1, 0.15) is 0 Å². The molecule has 16 heavy (non-hydrogen) atoms. The van der Waals surface area contributed by atoms with Crippen molar-refractivity contribution in [1.82, 2.24) is 14.8 Å². The van der Waals surface area contributed by atoms with Gasteiger partial charge in [-0.15, -0.1) is 0 Å². The number of nitrogens with one attached hydrogen (secondary N) is 1. The molecule has 4 heteroatoms. The fourth-order valence-electron chi connectivity index (χ4n) is 2.08. The molecule has 0 saturated heterocycles. The fourth-order valence-corrected chi connectivity index (χ4v) is 2.21. The lowest BCUT2D eigenvalue weighted by molar-refractivity contribution is 0.876. The molecule has 1 aliphatic carbocycles. The molecule has 0 amide bonds. The van der Waals surface area contributed by atoms with Crippen LogP contribution < -0.4 is 0 Å². The van der Waals surface area contributed by atoms with E-state index in [1.807, 2.05) is 11.6 Å². The molecule has 1 aromatic carbocycles. The summed E-state index contributed by atoms with van der Waals surface area (Å²) in [6.45, 7) is 0. The Morgan fingerprint density at radius 2 is 2.19 bits per heavy atom. The van der Waals surface area contributed by atoms with E-state index < -0.39 is 0 Å². The standard InChI is InChI=1S/C12H11N3S/c1-15-11(13-14-12(15)16)10-7-6-8-4-2-3-5-9(8)10/h2-5,7H,6H2,1H3,(H,14,16). The predicted octanol–water partition coefficient (Wildman–Crippen LogP) is 2.47. The molecule has 0 bridgehead atoms. The fraction of sp³-hybridized carbons (Fsp3) is 0.167. The number of allylic oxidation sites excluding steroid dienone is 1. The largest absolute Gasteiger partial charge is 0.303 e. The van der Waals surface area contributed by atoms with Gasteiger partial charge < -0.3 is 4.57 Å². The minimum Gasteiger partial charge on any atom is -0.303 e. The third-order valence-corrected chi connectivity index (χ3v) is 3.32. The third kappa shape index (κ3) is 1.27. The van der Waals surface area contributed by atoms with Gasteiger partial charge in [0.15, 0.2) is 10.6 Å². The number of nitrogens with zero attached hydrogens (tertiary/aromatic N) is 2. The lowest BCUT2D eigenvalue weighted by Crippen LogP contribution is -1.97. The number of hydrogen-bond donors (Lipinski definition) is 1. The van der Waals surface area contributed by atoms with Crippen molar-refractivity contribution in [2.45, 2.75) is 6.42 Å². The summed E-state index contributed by atoms with van der Waals surface area (Å²) in [5.74, 6) is 0.912. The van der Waals surface area contributed by atoms with Crippen LogP contribution in [0.3, 0.4) is 0 Å². The summed E-state index contributed by atoms with van der Waals surface area (Å²) in [5, 5.41) is 7.09. The number of rotatable bonds is 1. The minimum absolute atomic E-state index is 0.653. The predicted molar refractivity (Wildman–Crippen MR) is 65.6 cm³/mol. The van der Waals surface area contributed by atoms with Gasteiger partial charge in [-0.3, -0.25) is 5.10 Å². The number of benzene rings is 1. The molecule has 1 heterocycles. The van der Waals surface area contributed by atoms with Gasteiger partial charge in [0, 0.05) is 12.6 Å². The zero-order chi connectivity index (χ0) is 11.1. The van der Waals surface area contributed by atoms with Crippen molar-refractivity contribution in [2.24, 2.45) is 7.05 Å². The average molecular weight is 229 g/mol. The van der Waals surface area contributed by atoms with Crippen LogP contribution in [0.1, 0.15) is 17.0 Å². The Bertz CT molecular complexity index is 634. The molecule has 0 spiro atoms. The van der Waals surface area contributed by atoms with E-state index in [1.165, 1.54) is 16.7 Å². The molecule has 0 unspecified atom stereocenters. The van der Waals surface area contributed by atoms with Gasteiger partial charge in [0.2, 0.25) is 0 Å². The van der Waals surface area contributed by atoms with Gasteiger partial charge >= 0.3 is 0 Å². The second kappa shape index (κ2) is 3.42. The zero-order valence-electron chi connectivity index (χ0n) is 8.90. The number of aromatic amines is 1. The van der Waals surface area contributed by atoms with Gasteiger partial charge in [-0.1, -0.05) is 30.3 Å². The monoisotopic (exact) mass is 229 g/mol. The highest BCUT2D eigenvalue weighted by atomic mass is 32.1. The Morgan fingerprint density at radius 1 is 1.38 bits per heavy atom. The van der Waals surface area contributed by atoms with Crippen LogP contribution in [0.15, 0.2) is 30.3 Å². The summed E-state index contributed by atoms with van der Waals surface area (Å²) in [6, 6.07) is 8.41. The summed E-state index contributed by atoms with van der Waals surface area (Å²) >= 11 is 5.13. The van der Waals surface area contributed by atoms with Crippen molar-refractivity contribution in [2.75, 3.05) is 0 Å². The molecule has 80 valence electrons. The molecule has 1 aromatic heterocycles. The van der Waals surface area contributed by atoms with Crippen LogP contribution in [0.25, 0.3) is 5.57 Å². The summed E-state index contributed by atoms with van der Waals surface area (Å²) in [6.07, 6.45) is 3.18. The van der Waals surface area contributed by atoms with Crippen LogP contribution >= 0.6 is 12.2 Å². The van der Waals surface area contributed by atoms with Crippen LogP contribution in [0.5, 0.6) is 0 Å². The first kappa shape index (κ1) is 9.54. The molecule has 0 radical (unpaired) electrons. The highest BCUT2D eigenvalue weighted by Crippen LogP contribution is 2.30. The molecule has 1 N–H and O–H groups in total. The Labute approximate surface area is 98.4 Å². The molecular formula is C12H11N3S. The molecule has 3 nitrogen and oxygen atoms in total. The molecule has 3 rings (SSSR count). The number of fused-ring (bicyclic) bond motifs is 1. The van der Waals surface area contributed by atoms with Crippen molar-refractivity contribution in [3.63, 3.8) is 0 Å². The average Bonchev–Trinajstić information content (AvgIpc) is 2.85. The Morgan fingerprint density at radius 3 is 2.94 bits per heavy atom. The normalized spacial score (nSPS) is 13.7. The van der Waals surface area contributed by atoms with Gasteiger partial charge in [0.25, 0.3) is 0 Å². The van der Waals surface area contributed by atoms with Crippen molar-refractivity contribution in [3.05, 3.63) is 52.1 Å². The zero-order valence-corrected chi connectivity index (χ0v) is 9.71. The molecule has 2 aromatic rings. The second-order valence-electron chi connectivity index (χ2n) is 3.89. The highest BCUT2D eigenvalue weighted by Gasteiger charge is 2.18. The number of hydrogen-bond acceptors (Lipinski definition) is 2. The molecule has 0 fully saturated rings. The van der Waals surface area contributed by atoms with E-state index in [2.05, 4.69) is 40.5 Å². The summed E-state index contributed by atoms with van der Waals surface area (Å²) in [7, 11) is 1.93. The third-order valence-electron chi connectivity index (χ3n) is 2.95. The van der Waals surface area contributed by atoms with E-state index in [4.69, 9.17) is 12.2 Å². The SMILES string of the molecule is Cn1c(C2=CCc3ccccc32)n[nH]c1=S.